The van der Waals surface area contributed by atoms with Crippen molar-refractivity contribution in [2.75, 3.05) is 13.1 Å². The van der Waals surface area contributed by atoms with Crippen LogP contribution in [0.4, 0.5) is 0 Å². The van der Waals surface area contributed by atoms with Crippen LogP contribution >= 0.6 is 0 Å². The van der Waals surface area contributed by atoms with Crippen LogP contribution in [0.25, 0.3) is 0 Å². The molecule has 134 valence electrons. The fourth-order valence-corrected chi connectivity index (χ4v) is 4.30. The third-order valence-corrected chi connectivity index (χ3v) is 6.21. The van der Waals surface area contributed by atoms with Gasteiger partial charge in [0, 0.05) is 25.2 Å². The summed E-state index contributed by atoms with van der Waals surface area (Å²) in [6.07, 6.45) is 1.12. The van der Waals surface area contributed by atoms with E-state index in [0.29, 0.717) is 36.5 Å². The van der Waals surface area contributed by atoms with Crippen LogP contribution < -0.4 is 5.32 Å². The van der Waals surface area contributed by atoms with E-state index in [1.807, 2.05) is 6.92 Å². The van der Waals surface area contributed by atoms with Crippen molar-refractivity contribution in [2.45, 2.75) is 37.6 Å². The van der Waals surface area contributed by atoms with Gasteiger partial charge in [-0.05, 0) is 38.8 Å². The summed E-state index contributed by atoms with van der Waals surface area (Å²) in [4.78, 5) is 12.4. The number of hydrogen-bond donors (Lipinski definition) is 1. The predicted molar refractivity (Wildman–Crippen MR) is 91.7 cm³/mol. The lowest BCUT2D eigenvalue weighted by Crippen LogP contribution is -2.46. The number of rotatable bonds is 4. The van der Waals surface area contributed by atoms with Crippen molar-refractivity contribution in [1.82, 2.24) is 14.8 Å². The average molecular weight is 363 g/mol. The number of hydrogen-bond acceptors (Lipinski definition) is 5. The molecule has 0 aliphatic carbocycles. The smallest absolute Gasteiger partial charge is 0.290 e. The van der Waals surface area contributed by atoms with Gasteiger partial charge in [-0.3, -0.25) is 4.79 Å². The van der Waals surface area contributed by atoms with Crippen molar-refractivity contribution in [3.8, 4) is 0 Å². The summed E-state index contributed by atoms with van der Waals surface area (Å²) < 4.78 is 31.7. The third-order valence-electron chi connectivity index (χ3n) is 4.30. The van der Waals surface area contributed by atoms with E-state index in [1.54, 1.807) is 37.3 Å². The molecule has 1 N–H and O–H groups in total. The van der Waals surface area contributed by atoms with Crippen molar-refractivity contribution in [3.63, 3.8) is 0 Å². The second-order valence-electron chi connectivity index (χ2n) is 6.30. The van der Waals surface area contributed by atoms with Gasteiger partial charge < -0.3 is 9.84 Å². The first-order valence-corrected chi connectivity index (χ1v) is 9.61. The molecule has 3 rings (SSSR count). The van der Waals surface area contributed by atoms with Crippen LogP contribution in [0.3, 0.4) is 0 Å². The number of carbonyl (C=O) groups excluding carboxylic acids is 1. The van der Waals surface area contributed by atoms with Crippen LogP contribution in [0.2, 0.25) is 0 Å². The molecule has 7 nitrogen and oxygen atoms in total. The minimum absolute atomic E-state index is 0.0811. The molecule has 0 spiro atoms. The number of piperidine rings is 1. The molecular formula is C17H21N3O4S. The molecule has 1 saturated heterocycles. The number of benzene rings is 1. The topological polar surface area (TPSA) is 92.5 Å². The molecule has 2 heterocycles. The Hall–Kier alpha value is -2.19. The Kier molecular flexibility index (Phi) is 4.91. The normalized spacial score (nSPS) is 16.7. The highest BCUT2D eigenvalue weighted by Gasteiger charge is 2.30. The quantitative estimate of drug-likeness (QED) is 0.895. The maximum atomic E-state index is 12.7. The second kappa shape index (κ2) is 6.97. The minimum Gasteiger partial charge on any atom is -0.351 e. The molecule has 1 fully saturated rings. The van der Waals surface area contributed by atoms with Crippen molar-refractivity contribution in [1.29, 1.82) is 0 Å². The fourth-order valence-electron chi connectivity index (χ4n) is 2.83. The molecule has 25 heavy (non-hydrogen) atoms. The van der Waals surface area contributed by atoms with E-state index in [4.69, 9.17) is 4.52 Å². The first-order valence-electron chi connectivity index (χ1n) is 8.17. The molecule has 1 aliphatic rings. The van der Waals surface area contributed by atoms with Gasteiger partial charge in [-0.15, -0.1) is 0 Å². The molecule has 1 aromatic carbocycles. The Bertz CT molecular complexity index is 850. The summed E-state index contributed by atoms with van der Waals surface area (Å²) in [6.45, 7) is 4.41. The van der Waals surface area contributed by atoms with Gasteiger partial charge in [0.15, 0.2) is 0 Å². The number of aromatic nitrogens is 1. The molecule has 0 radical (unpaired) electrons. The maximum Gasteiger partial charge on any atom is 0.290 e. The zero-order chi connectivity index (χ0) is 18.0. The Labute approximate surface area is 147 Å². The Morgan fingerprint density at radius 2 is 1.84 bits per heavy atom. The first kappa shape index (κ1) is 17.6. The first-order chi connectivity index (χ1) is 11.9. The van der Waals surface area contributed by atoms with E-state index in [2.05, 4.69) is 10.5 Å². The van der Waals surface area contributed by atoms with Crippen molar-refractivity contribution in [3.05, 3.63) is 47.3 Å². The third kappa shape index (κ3) is 3.91. The molecular weight excluding hydrogens is 342 g/mol. The van der Waals surface area contributed by atoms with Gasteiger partial charge in [0.1, 0.15) is 0 Å². The van der Waals surface area contributed by atoms with Crippen LogP contribution in [-0.2, 0) is 10.0 Å². The average Bonchev–Trinajstić information content (AvgIpc) is 3.02. The molecule has 1 aliphatic heterocycles. The molecule has 0 unspecified atom stereocenters. The van der Waals surface area contributed by atoms with Crippen LogP contribution in [0.1, 0.15) is 34.7 Å². The second-order valence-corrected chi connectivity index (χ2v) is 8.24. The van der Waals surface area contributed by atoms with Gasteiger partial charge in [0.25, 0.3) is 5.91 Å². The molecule has 1 amide bonds. The maximum absolute atomic E-state index is 12.7. The van der Waals surface area contributed by atoms with E-state index in [9.17, 15) is 13.2 Å². The Morgan fingerprint density at radius 1 is 1.20 bits per heavy atom. The van der Waals surface area contributed by atoms with Crippen molar-refractivity contribution in [2.24, 2.45) is 0 Å². The summed E-state index contributed by atoms with van der Waals surface area (Å²) >= 11 is 0. The number of sulfonamides is 1. The van der Waals surface area contributed by atoms with Gasteiger partial charge in [0.05, 0.1) is 10.6 Å². The number of aryl methyl sites for hydroxylation is 2. The summed E-state index contributed by atoms with van der Waals surface area (Å²) in [5.41, 5.74) is 1.66. The highest BCUT2D eigenvalue weighted by Crippen LogP contribution is 2.21. The van der Waals surface area contributed by atoms with E-state index in [1.165, 1.54) is 4.31 Å². The zero-order valence-corrected chi connectivity index (χ0v) is 15.0. The Balaban J connectivity index is 1.59. The summed E-state index contributed by atoms with van der Waals surface area (Å²) in [7, 11) is -3.49. The van der Waals surface area contributed by atoms with Gasteiger partial charge >= 0.3 is 0 Å². The number of nitrogens with zero attached hydrogens (tertiary/aromatic N) is 2. The summed E-state index contributed by atoms with van der Waals surface area (Å²) in [5.74, 6) is -0.146. The monoisotopic (exact) mass is 363 g/mol. The molecule has 2 aromatic rings. The van der Waals surface area contributed by atoms with Gasteiger partial charge in [-0.2, -0.15) is 4.31 Å². The van der Waals surface area contributed by atoms with E-state index < -0.39 is 10.0 Å². The van der Waals surface area contributed by atoms with E-state index in [-0.39, 0.29) is 17.7 Å². The fraction of sp³-hybridized carbons (Fsp3) is 0.412. The molecule has 1 aromatic heterocycles. The number of nitrogens with one attached hydrogen (secondary N) is 1. The highest BCUT2D eigenvalue weighted by molar-refractivity contribution is 7.89. The molecule has 0 bridgehead atoms. The zero-order valence-electron chi connectivity index (χ0n) is 14.2. The summed E-state index contributed by atoms with van der Waals surface area (Å²) in [5, 5.41) is 6.57. The van der Waals surface area contributed by atoms with Gasteiger partial charge in [-0.25, -0.2) is 8.42 Å². The van der Waals surface area contributed by atoms with Gasteiger partial charge in [-0.1, -0.05) is 22.9 Å². The lowest BCUT2D eigenvalue weighted by Gasteiger charge is -2.31. The van der Waals surface area contributed by atoms with Crippen LogP contribution in [0.5, 0.6) is 0 Å². The Morgan fingerprint density at radius 3 is 2.40 bits per heavy atom. The minimum atomic E-state index is -3.49. The van der Waals surface area contributed by atoms with Crippen molar-refractivity contribution >= 4 is 15.9 Å². The van der Waals surface area contributed by atoms with E-state index in [0.717, 1.165) is 5.56 Å². The van der Waals surface area contributed by atoms with E-state index >= 15 is 0 Å². The number of amides is 1. The standard InChI is InChI=1S/C17H21N3O4S/c1-12-3-5-15(6-4-12)25(22,23)20-9-7-14(8-10-20)18-17(21)16-11-13(2)19-24-16/h3-6,11,14H,7-10H2,1-2H3,(H,18,21). The van der Waals surface area contributed by atoms with Crippen molar-refractivity contribution < 1.29 is 17.7 Å². The highest BCUT2D eigenvalue weighted by atomic mass is 32.2. The molecule has 0 saturated carbocycles. The lowest BCUT2D eigenvalue weighted by atomic mass is 10.1. The molecule has 0 atom stereocenters. The SMILES string of the molecule is Cc1ccc(S(=O)(=O)N2CCC(NC(=O)c3cc(C)no3)CC2)cc1. The number of carbonyl (C=O) groups is 1. The predicted octanol–water partition coefficient (Wildman–Crippen LogP) is 1.87. The lowest BCUT2D eigenvalue weighted by molar-refractivity contribution is 0.0886. The van der Waals surface area contributed by atoms with Gasteiger partial charge in [0.2, 0.25) is 15.8 Å². The summed E-state index contributed by atoms with van der Waals surface area (Å²) in [6, 6.07) is 8.34. The molecule has 8 heteroatoms. The van der Waals surface area contributed by atoms with Crippen LogP contribution in [-0.4, -0.2) is 42.9 Å². The van der Waals surface area contributed by atoms with Crippen LogP contribution in [0, 0.1) is 13.8 Å². The largest absolute Gasteiger partial charge is 0.351 e. The van der Waals surface area contributed by atoms with Crippen LogP contribution in [0.15, 0.2) is 39.8 Å².